The van der Waals surface area contributed by atoms with Gasteiger partial charge in [0, 0.05) is 6.42 Å². The number of aryl methyl sites for hydroxylation is 1. The Morgan fingerprint density at radius 1 is 0.864 bits per heavy atom. The lowest BCUT2D eigenvalue weighted by molar-refractivity contribution is -0.111. The number of halogens is 1. The molecule has 0 aliphatic heterocycles. The van der Waals surface area contributed by atoms with Crippen molar-refractivity contribution in [1.82, 2.24) is 0 Å². The van der Waals surface area contributed by atoms with Gasteiger partial charge in [0.2, 0.25) is 5.24 Å². The largest absolute Gasteiger partial charge is 0.281 e. The van der Waals surface area contributed by atoms with Crippen LogP contribution in [0.5, 0.6) is 0 Å². The average molecular weight is 307 g/mol. The second-order valence-corrected chi connectivity index (χ2v) is 6.21. The molecule has 108 valence electrons. The molecule has 0 N–H and O–H groups in total. The third-order valence-corrected chi connectivity index (χ3v) is 4.60. The van der Waals surface area contributed by atoms with Crippen LogP contribution in [0.2, 0.25) is 0 Å². The van der Waals surface area contributed by atoms with Gasteiger partial charge >= 0.3 is 0 Å². The molecule has 4 aromatic rings. The number of hydrogen-bond acceptors (Lipinski definition) is 1. The molecule has 0 spiro atoms. The molecular formula is C20H15ClO. The van der Waals surface area contributed by atoms with Crippen LogP contribution in [0.25, 0.3) is 32.3 Å². The first-order valence-corrected chi connectivity index (χ1v) is 7.95. The van der Waals surface area contributed by atoms with Gasteiger partial charge in [0.05, 0.1) is 0 Å². The zero-order chi connectivity index (χ0) is 15.1. The van der Waals surface area contributed by atoms with E-state index in [9.17, 15) is 4.79 Å². The van der Waals surface area contributed by atoms with Gasteiger partial charge in [-0.25, -0.2) is 0 Å². The average Bonchev–Trinajstić information content (AvgIpc) is 2.53. The summed E-state index contributed by atoms with van der Waals surface area (Å²) in [4.78, 5) is 11.0. The number of rotatable bonds is 4. The molecule has 0 aliphatic rings. The molecule has 1 nitrogen and oxygen atoms in total. The van der Waals surface area contributed by atoms with Crippen molar-refractivity contribution < 1.29 is 4.79 Å². The second-order valence-electron chi connectivity index (χ2n) is 5.79. The summed E-state index contributed by atoms with van der Waals surface area (Å²) in [6.45, 7) is 0. The van der Waals surface area contributed by atoms with E-state index in [-0.39, 0.29) is 5.24 Å². The Labute approximate surface area is 133 Å². The first-order valence-electron chi connectivity index (χ1n) is 7.58. The standard InChI is InChI=1S/C20H15ClO/c21-18(22)9-3-6-15-12-16-7-1-4-13-10-11-14-5-2-8-17(15)20(14)19(13)16/h1-2,4-5,7-8,10-12H,3,6,9H2. The smallest absolute Gasteiger partial charge is 0.221 e. The second kappa shape index (κ2) is 5.26. The summed E-state index contributed by atoms with van der Waals surface area (Å²) in [5.41, 5.74) is 1.30. The number of carbonyl (C=O) groups excluding carboxylic acids is 1. The first kappa shape index (κ1) is 13.5. The summed E-state index contributed by atoms with van der Waals surface area (Å²) >= 11 is 5.46. The molecule has 4 rings (SSSR count). The van der Waals surface area contributed by atoms with Crippen molar-refractivity contribution in [3.05, 3.63) is 60.2 Å². The number of hydrogen-bond donors (Lipinski definition) is 0. The van der Waals surface area contributed by atoms with E-state index in [1.807, 2.05) is 0 Å². The van der Waals surface area contributed by atoms with Gasteiger partial charge in [0.1, 0.15) is 0 Å². The van der Waals surface area contributed by atoms with Gasteiger partial charge < -0.3 is 0 Å². The Morgan fingerprint density at radius 3 is 2.32 bits per heavy atom. The molecule has 0 aliphatic carbocycles. The van der Waals surface area contributed by atoms with Crippen molar-refractivity contribution in [2.45, 2.75) is 19.3 Å². The molecule has 0 saturated carbocycles. The van der Waals surface area contributed by atoms with E-state index in [4.69, 9.17) is 11.6 Å². The monoisotopic (exact) mass is 306 g/mol. The molecule has 22 heavy (non-hydrogen) atoms. The predicted molar refractivity (Wildman–Crippen MR) is 93.9 cm³/mol. The number of carbonyl (C=O) groups is 1. The molecule has 0 heterocycles. The van der Waals surface area contributed by atoms with Gasteiger partial charge in [-0.05, 0) is 62.3 Å². The molecule has 0 saturated heterocycles. The lowest BCUT2D eigenvalue weighted by atomic mass is 9.90. The maximum atomic E-state index is 11.0. The lowest BCUT2D eigenvalue weighted by Crippen LogP contribution is -1.93. The van der Waals surface area contributed by atoms with Gasteiger partial charge in [-0.15, -0.1) is 0 Å². The summed E-state index contributed by atoms with van der Waals surface area (Å²) in [5, 5.41) is 7.55. The van der Waals surface area contributed by atoms with Gasteiger partial charge in [-0.3, -0.25) is 4.79 Å². The molecule has 0 radical (unpaired) electrons. The van der Waals surface area contributed by atoms with Gasteiger partial charge in [0.15, 0.2) is 0 Å². The van der Waals surface area contributed by atoms with Crippen molar-refractivity contribution in [2.75, 3.05) is 0 Å². The van der Waals surface area contributed by atoms with E-state index in [0.29, 0.717) is 6.42 Å². The highest BCUT2D eigenvalue weighted by Gasteiger charge is 2.11. The Kier molecular flexibility index (Phi) is 3.24. The van der Waals surface area contributed by atoms with Crippen LogP contribution in [-0.2, 0) is 11.2 Å². The molecule has 0 unspecified atom stereocenters. The highest BCUT2D eigenvalue weighted by Crippen LogP contribution is 2.36. The fourth-order valence-electron chi connectivity index (χ4n) is 3.46. The lowest BCUT2D eigenvalue weighted by Gasteiger charge is -2.14. The molecule has 2 heteroatoms. The fraction of sp³-hybridized carbons (Fsp3) is 0.150. The minimum atomic E-state index is -0.253. The summed E-state index contributed by atoms with van der Waals surface area (Å²) in [6, 6.07) is 19.6. The normalized spacial score (nSPS) is 11.7. The highest BCUT2D eigenvalue weighted by molar-refractivity contribution is 6.63. The van der Waals surface area contributed by atoms with Gasteiger partial charge in [-0.1, -0.05) is 54.6 Å². The Morgan fingerprint density at radius 2 is 1.55 bits per heavy atom. The maximum Gasteiger partial charge on any atom is 0.221 e. The van der Waals surface area contributed by atoms with E-state index in [1.165, 1.54) is 37.9 Å². The maximum absolute atomic E-state index is 11.0. The van der Waals surface area contributed by atoms with Crippen molar-refractivity contribution in [3.8, 4) is 0 Å². The van der Waals surface area contributed by atoms with Crippen LogP contribution in [0.3, 0.4) is 0 Å². The van der Waals surface area contributed by atoms with E-state index < -0.39 is 0 Å². The van der Waals surface area contributed by atoms with Gasteiger partial charge in [-0.2, -0.15) is 0 Å². The van der Waals surface area contributed by atoms with E-state index in [0.717, 1.165) is 12.8 Å². The molecular weight excluding hydrogens is 292 g/mol. The Bertz CT molecular complexity index is 987. The van der Waals surface area contributed by atoms with Crippen molar-refractivity contribution in [1.29, 1.82) is 0 Å². The topological polar surface area (TPSA) is 17.1 Å². The summed E-state index contributed by atoms with van der Waals surface area (Å²) in [7, 11) is 0. The van der Waals surface area contributed by atoms with Crippen LogP contribution in [0.4, 0.5) is 0 Å². The molecule has 0 amide bonds. The van der Waals surface area contributed by atoms with Crippen LogP contribution in [-0.4, -0.2) is 5.24 Å². The Balaban J connectivity index is 1.98. The van der Waals surface area contributed by atoms with E-state index >= 15 is 0 Å². The van der Waals surface area contributed by atoms with Crippen molar-refractivity contribution >= 4 is 49.2 Å². The van der Waals surface area contributed by atoms with E-state index in [1.54, 1.807) is 0 Å². The van der Waals surface area contributed by atoms with E-state index in [2.05, 4.69) is 54.6 Å². The van der Waals surface area contributed by atoms with Crippen LogP contribution in [0, 0.1) is 0 Å². The molecule has 0 atom stereocenters. The predicted octanol–water partition coefficient (Wildman–Crippen LogP) is 5.67. The molecule has 4 aromatic carbocycles. The Hall–Kier alpha value is -2.12. The van der Waals surface area contributed by atoms with Crippen LogP contribution < -0.4 is 0 Å². The SMILES string of the molecule is O=C(Cl)CCCc1cc2cccc3ccc4cccc1c4c32. The highest BCUT2D eigenvalue weighted by atomic mass is 35.5. The van der Waals surface area contributed by atoms with Crippen molar-refractivity contribution in [3.63, 3.8) is 0 Å². The molecule has 0 fully saturated rings. The molecule has 0 bridgehead atoms. The quantitative estimate of drug-likeness (QED) is 0.350. The number of benzene rings is 4. The minimum absolute atomic E-state index is 0.253. The van der Waals surface area contributed by atoms with Crippen LogP contribution in [0.15, 0.2) is 54.6 Å². The summed E-state index contributed by atoms with van der Waals surface area (Å²) in [5.74, 6) is 0. The van der Waals surface area contributed by atoms with Crippen LogP contribution >= 0.6 is 11.6 Å². The zero-order valence-corrected chi connectivity index (χ0v) is 12.9. The zero-order valence-electron chi connectivity index (χ0n) is 12.1. The van der Waals surface area contributed by atoms with Crippen LogP contribution in [0.1, 0.15) is 18.4 Å². The van der Waals surface area contributed by atoms with Gasteiger partial charge in [0.25, 0.3) is 0 Å². The third kappa shape index (κ3) is 2.13. The summed E-state index contributed by atoms with van der Waals surface area (Å²) in [6.07, 6.45) is 2.10. The summed E-state index contributed by atoms with van der Waals surface area (Å²) < 4.78 is 0. The fourth-order valence-corrected chi connectivity index (χ4v) is 3.60. The first-order chi connectivity index (χ1) is 10.7. The third-order valence-electron chi connectivity index (χ3n) is 4.41. The van der Waals surface area contributed by atoms with Crippen molar-refractivity contribution in [2.24, 2.45) is 0 Å². The molecule has 0 aromatic heterocycles. The minimum Gasteiger partial charge on any atom is -0.281 e.